The number of carboxylic acid groups (broad SMARTS) is 1. The van der Waals surface area contributed by atoms with Crippen molar-refractivity contribution in [3.05, 3.63) is 0 Å². The van der Waals surface area contributed by atoms with E-state index >= 15 is 0 Å². The molecule has 2 aliphatic rings. The molecule has 0 radical (unpaired) electrons. The molecule has 1 heterocycles. The van der Waals surface area contributed by atoms with Gasteiger partial charge in [0, 0.05) is 18.6 Å². The molecule has 5 heteroatoms. The van der Waals surface area contributed by atoms with Gasteiger partial charge in [-0.15, -0.1) is 0 Å². The van der Waals surface area contributed by atoms with Crippen LogP contribution in [-0.4, -0.2) is 35.7 Å². The van der Waals surface area contributed by atoms with E-state index in [4.69, 9.17) is 9.84 Å². The lowest BCUT2D eigenvalue weighted by molar-refractivity contribution is -0.141. The number of ether oxygens (including phenoxy) is 1. The topological polar surface area (TPSA) is 75.6 Å². The number of rotatable bonds is 3. The summed E-state index contributed by atoms with van der Waals surface area (Å²) < 4.78 is 5.42. The van der Waals surface area contributed by atoms with Gasteiger partial charge in [0.15, 0.2) is 0 Å². The van der Waals surface area contributed by atoms with E-state index in [-0.39, 0.29) is 29.9 Å². The predicted octanol–water partition coefficient (Wildman–Crippen LogP) is 1.17. The molecule has 2 N–H and O–H groups in total. The Hall–Kier alpha value is -1.10. The fraction of sp³-hybridized carbons (Fsp3) is 0.846. The van der Waals surface area contributed by atoms with Gasteiger partial charge in [-0.3, -0.25) is 9.59 Å². The smallest absolute Gasteiger partial charge is 0.306 e. The van der Waals surface area contributed by atoms with Crippen molar-refractivity contribution < 1.29 is 19.4 Å². The summed E-state index contributed by atoms with van der Waals surface area (Å²) in [4.78, 5) is 22.9. The summed E-state index contributed by atoms with van der Waals surface area (Å²) in [6, 6.07) is 0.0387. The molecule has 2 unspecified atom stereocenters. The Balaban J connectivity index is 1.79. The molecule has 5 nitrogen and oxygen atoms in total. The van der Waals surface area contributed by atoms with Gasteiger partial charge in [0.2, 0.25) is 5.91 Å². The highest BCUT2D eigenvalue weighted by Crippen LogP contribution is 2.27. The first-order valence-electron chi connectivity index (χ1n) is 6.71. The van der Waals surface area contributed by atoms with Crippen molar-refractivity contribution >= 4 is 11.9 Å². The van der Waals surface area contributed by atoms with E-state index in [1.165, 1.54) is 0 Å². The fourth-order valence-electron chi connectivity index (χ4n) is 2.89. The second-order valence-corrected chi connectivity index (χ2v) is 5.46. The lowest BCUT2D eigenvalue weighted by Gasteiger charge is -2.27. The van der Waals surface area contributed by atoms with Gasteiger partial charge in [0.25, 0.3) is 0 Å². The number of nitrogens with one attached hydrogen (secondary N) is 1. The maximum atomic E-state index is 12.1. The van der Waals surface area contributed by atoms with Crippen LogP contribution in [0.4, 0.5) is 0 Å². The molecule has 0 aromatic carbocycles. The summed E-state index contributed by atoms with van der Waals surface area (Å²) in [5.41, 5.74) is 0. The first kappa shape index (κ1) is 13.3. The normalized spacial score (nSPS) is 36.3. The molecule has 0 bridgehead atoms. The van der Waals surface area contributed by atoms with Crippen LogP contribution >= 0.6 is 0 Å². The molecule has 0 spiro atoms. The first-order valence-corrected chi connectivity index (χ1v) is 6.71. The first-order chi connectivity index (χ1) is 8.56. The van der Waals surface area contributed by atoms with E-state index in [1.54, 1.807) is 0 Å². The average Bonchev–Trinajstić information content (AvgIpc) is 2.77. The molecule has 2 rings (SSSR count). The van der Waals surface area contributed by atoms with E-state index in [1.807, 2.05) is 6.92 Å². The third-order valence-electron chi connectivity index (χ3n) is 3.98. The molecule has 1 aliphatic carbocycles. The monoisotopic (exact) mass is 255 g/mol. The molecule has 2 fully saturated rings. The van der Waals surface area contributed by atoms with Crippen LogP contribution in [-0.2, 0) is 14.3 Å². The summed E-state index contributed by atoms with van der Waals surface area (Å²) in [5.74, 6) is -0.936. The van der Waals surface area contributed by atoms with Gasteiger partial charge in [-0.2, -0.15) is 0 Å². The summed E-state index contributed by atoms with van der Waals surface area (Å²) in [6.07, 6.45) is 3.70. The zero-order valence-electron chi connectivity index (χ0n) is 10.7. The number of carbonyl (C=O) groups is 2. The van der Waals surface area contributed by atoms with E-state index in [9.17, 15) is 9.59 Å². The summed E-state index contributed by atoms with van der Waals surface area (Å²) >= 11 is 0. The fourth-order valence-corrected chi connectivity index (χ4v) is 2.89. The van der Waals surface area contributed by atoms with Crippen molar-refractivity contribution in [2.45, 2.75) is 51.2 Å². The lowest BCUT2D eigenvalue weighted by atomic mass is 9.95. The Kier molecular flexibility index (Phi) is 4.22. The van der Waals surface area contributed by atoms with Crippen LogP contribution in [0, 0.1) is 11.8 Å². The number of carboxylic acids is 1. The highest BCUT2D eigenvalue weighted by molar-refractivity contribution is 5.79. The number of carbonyl (C=O) groups excluding carboxylic acids is 1. The Morgan fingerprint density at radius 1 is 1.17 bits per heavy atom. The molecule has 102 valence electrons. The van der Waals surface area contributed by atoms with Crippen molar-refractivity contribution in [1.29, 1.82) is 0 Å². The third-order valence-corrected chi connectivity index (χ3v) is 3.98. The number of aliphatic carboxylic acids is 1. The molecule has 18 heavy (non-hydrogen) atoms. The largest absolute Gasteiger partial charge is 0.481 e. The molecule has 1 saturated heterocycles. The number of amides is 1. The second-order valence-electron chi connectivity index (χ2n) is 5.46. The third kappa shape index (κ3) is 3.22. The molecule has 1 amide bonds. The van der Waals surface area contributed by atoms with E-state index in [0.717, 1.165) is 19.3 Å². The quantitative estimate of drug-likeness (QED) is 0.793. The van der Waals surface area contributed by atoms with Crippen molar-refractivity contribution in [2.24, 2.45) is 11.8 Å². The Morgan fingerprint density at radius 3 is 2.56 bits per heavy atom. The van der Waals surface area contributed by atoms with Gasteiger partial charge in [0.1, 0.15) is 0 Å². The minimum atomic E-state index is -0.744. The Labute approximate surface area is 107 Å². The summed E-state index contributed by atoms with van der Waals surface area (Å²) in [5, 5.41) is 11.9. The Morgan fingerprint density at radius 2 is 1.94 bits per heavy atom. The maximum absolute atomic E-state index is 12.1. The zero-order valence-corrected chi connectivity index (χ0v) is 10.7. The number of hydrogen-bond acceptors (Lipinski definition) is 3. The molecule has 0 aromatic heterocycles. The van der Waals surface area contributed by atoms with Gasteiger partial charge in [0.05, 0.1) is 12.0 Å². The molecular formula is C13H21NO4. The maximum Gasteiger partial charge on any atom is 0.306 e. The van der Waals surface area contributed by atoms with Gasteiger partial charge >= 0.3 is 5.97 Å². The standard InChI is InChI=1S/C13H21NO4/c1-8-6-9(4-5-18-8)12(15)14-11-3-2-10(7-11)13(16)17/h8-11H,2-7H2,1H3,(H,14,15)(H,16,17)/t8?,9?,10-,11+/m0/s1. The van der Waals surface area contributed by atoms with Crippen LogP contribution in [0.15, 0.2) is 0 Å². The summed E-state index contributed by atoms with van der Waals surface area (Å²) in [7, 11) is 0. The van der Waals surface area contributed by atoms with Crippen LogP contribution < -0.4 is 5.32 Å². The lowest BCUT2D eigenvalue weighted by Crippen LogP contribution is -2.41. The van der Waals surface area contributed by atoms with Gasteiger partial charge < -0.3 is 15.2 Å². The number of hydrogen-bond donors (Lipinski definition) is 2. The van der Waals surface area contributed by atoms with Gasteiger partial charge in [-0.1, -0.05) is 0 Å². The molecule has 1 aliphatic heterocycles. The van der Waals surface area contributed by atoms with Crippen molar-refractivity contribution in [3.8, 4) is 0 Å². The van der Waals surface area contributed by atoms with Crippen LogP contribution in [0.5, 0.6) is 0 Å². The predicted molar refractivity (Wildman–Crippen MR) is 65.0 cm³/mol. The zero-order chi connectivity index (χ0) is 13.1. The van der Waals surface area contributed by atoms with Crippen molar-refractivity contribution in [1.82, 2.24) is 5.32 Å². The van der Waals surface area contributed by atoms with E-state index in [2.05, 4.69) is 5.32 Å². The molecule has 0 aromatic rings. The highest BCUT2D eigenvalue weighted by atomic mass is 16.5. The van der Waals surface area contributed by atoms with Gasteiger partial charge in [-0.25, -0.2) is 0 Å². The highest BCUT2D eigenvalue weighted by Gasteiger charge is 2.33. The molecular weight excluding hydrogens is 234 g/mol. The van der Waals surface area contributed by atoms with Gasteiger partial charge in [-0.05, 0) is 39.0 Å². The van der Waals surface area contributed by atoms with E-state index in [0.29, 0.717) is 19.4 Å². The molecule has 1 saturated carbocycles. The SMILES string of the molecule is CC1CC(C(=O)N[C@@H]2CC[C@H](C(=O)O)C2)CCO1. The second kappa shape index (κ2) is 5.69. The minimum absolute atomic E-state index is 0.0256. The Bertz CT molecular complexity index is 331. The van der Waals surface area contributed by atoms with E-state index < -0.39 is 5.97 Å². The van der Waals surface area contributed by atoms with Crippen LogP contribution in [0.1, 0.15) is 39.0 Å². The van der Waals surface area contributed by atoms with Crippen LogP contribution in [0.2, 0.25) is 0 Å². The van der Waals surface area contributed by atoms with Crippen molar-refractivity contribution in [3.63, 3.8) is 0 Å². The van der Waals surface area contributed by atoms with Crippen LogP contribution in [0.3, 0.4) is 0 Å². The van der Waals surface area contributed by atoms with Crippen molar-refractivity contribution in [2.75, 3.05) is 6.61 Å². The summed E-state index contributed by atoms with van der Waals surface area (Å²) in [6.45, 7) is 2.62. The van der Waals surface area contributed by atoms with Crippen LogP contribution in [0.25, 0.3) is 0 Å². The molecule has 4 atom stereocenters. The minimum Gasteiger partial charge on any atom is -0.481 e. The average molecular weight is 255 g/mol.